The summed E-state index contributed by atoms with van der Waals surface area (Å²) in [5, 5.41) is 3.22. The molecule has 1 N–H and O–H groups in total. The molecule has 0 amide bonds. The van der Waals surface area contributed by atoms with E-state index in [0.29, 0.717) is 6.54 Å². The molecule has 0 fully saturated rings. The summed E-state index contributed by atoms with van der Waals surface area (Å²) in [6.45, 7) is 10.6. The second kappa shape index (κ2) is 4.79. The Morgan fingerprint density at radius 3 is 2.44 bits per heavy atom. The van der Waals surface area contributed by atoms with Crippen LogP contribution in [0.25, 0.3) is 0 Å². The summed E-state index contributed by atoms with van der Waals surface area (Å²) >= 11 is 0. The fraction of sp³-hybridized carbons (Fsp3) is 0.500. The van der Waals surface area contributed by atoms with Crippen molar-refractivity contribution in [3.05, 3.63) is 34.9 Å². The van der Waals surface area contributed by atoms with Crippen LogP contribution in [0.5, 0.6) is 0 Å². The number of hydrogen-bond donors (Lipinski definition) is 1. The van der Waals surface area contributed by atoms with Crippen LogP contribution in [-0.2, 0) is 0 Å². The third-order valence-electron chi connectivity index (χ3n) is 2.47. The molecule has 0 aromatic heterocycles. The number of aryl methyl sites for hydroxylation is 2. The van der Waals surface area contributed by atoms with Gasteiger partial charge in [-0.1, -0.05) is 17.7 Å². The van der Waals surface area contributed by atoms with Gasteiger partial charge in [0.05, 0.1) is 6.54 Å². The van der Waals surface area contributed by atoms with Crippen molar-refractivity contribution in [2.24, 2.45) is 0 Å². The van der Waals surface area contributed by atoms with Gasteiger partial charge >= 0.3 is 0 Å². The Morgan fingerprint density at radius 1 is 1.25 bits per heavy atom. The van der Waals surface area contributed by atoms with E-state index in [2.05, 4.69) is 26.1 Å². The molecule has 1 aromatic rings. The number of ketones is 1. The molecule has 0 saturated carbocycles. The van der Waals surface area contributed by atoms with E-state index in [0.717, 1.165) is 16.7 Å². The highest BCUT2D eigenvalue weighted by atomic mass is 16.1. The van der Waals surface area contributed by atoms with E-state index in [1.807, 2.05) is 32.0 Å². The topological polar surface area (TPSA) is 29.1 Å². The molecule has 0 aliphatic rings. The molecule has 0 spiro atoms. The summed E-state index contributed by atoms with van der Waals surface area (Å²) in [4.78, 5) is 12.0. The molecular weight excluding hydrogens is 198 g/mol. The van der Waals surface area contributed by atoms with Crippen molar-refractivity contribution in [2.45, 2.75) is 40.2 Å². The lowest BCUT2D eigenvalue weighted by molar-refractivity contribution is 0.0981. The third-order valence-corrected chi connectivity index (χ3v) is 2.47. The first kappa shape index (κ1) is 12.9. The summed E-state index contributed by atoms with van der Waals surface area (Å²) in [6.07, 6.45) is 0. The molecule has 0 aliphatic heterocycles. The van der Waals surface area contributed by atoms with Gasteiger partial charge in [0.2, 0.25) is 0 Å². The third kappa shape index (κ3) is 3.78. The summed E-state index contributed by atoms with van der Waals surface area (Å²) in [5.41, 5.74) is 2.99. The van der Waals surface area contributed by atoms with E-state index in [4.69, 9.17) is 0 Å². The van der Waals surface area contributed by atoms with Gasteiger partial charge in [-0.3, -0.25) is 4.79 Å². The van der Waals surface area contributed by atoms with Crippen LogP contribution in [-0.4, -0.2) is 17.9 Å². The molecule has 0 bridgehead atoms. The zero-order valence-corrected chi connectivity index (χ0v) is 10.8. The van der Waals surface area contributed by atoms with Crippen LogP contribution in [0.2, 0.25) is 0 Å². The Labute approximate surface area is 98.1 Å². The van der Waals surface area contributed by atoms with E-state index in [9.17, 15) is 4.79 Å². The molecule has 0 saturated heterocycles. The van der Waals surface area contributed by atoms with Crippen LogP contribution in [0.15, 0.2) is 18.2 Å². The molecule has 16 heavy (non-hydrogen) atoms. The smallest absolute Gasteiger partial charge is 0.176 e. The van der Waals surface area contributed by atoms with E-state index >= 15 is 0 Å². The molecule has 0 unspecified atom stereocenters. The van der Waals surface area contributed by atoms with Crippen molar-refractivity contribution >= 4 is 5.78 Å². The predicted molar refractivity (Wildman–Crippen MR) is 68.0 cm³/mol. The lowest BCUT2D eigenvalue weighted by Gasteiger charge is -2.20. The number of carbonyl (C=O) groups is 1. The molecule has 88 valence electrons. The van der Waals surface area contributed by atoms with E-state index in [-0.39, 0.29) is 11.3 Å². The number of nitrogens with one attached hydrogen (secondary N) is 1. The summed E-state index contributed by atoms with van der Waals surface area (Å²) in [7, 11) is 0. The van der Waals surface area contributed by atoms with Crippen LogP contribution in [0.1, 0.15) is 42.3 Å². The molecule has 0 radical (unpaired) electrons. The Morgan fingerprint density at radius 2 is 1.88 bits per heavy atom. The zero-order chi connectivity index (χ0) is 12.3. The van der Waals surface area contributed by atoms with Crippen molar-refractivity contribution in [3.8, 4) is 0 Å². The quantitative estimate of drug-likeness (QED) is 0.792. The van der Waals surface area contributed by atoms with Gasteiger partial charge in [-0.2, -0.15) is 0 Å². The van der Waals surface area contributed by atoms with Crippen molar-refractivity contribution in [2.75, 3.05) is 6.54 Å². The normalized spacial score (nSPS) is 11.6. The minimum absolute atomic E-state index is 0.0204. The van der Waals surface area contributed by atoms with Crippen LogP contribution in [0.4, 0.5) is 0 Å². The molecule has 1 rings (SSSR count). The van der Waals surface area contributed by atoms with Crippen molar-refractivity contribution in [1.29, 1.82) is 0 Å². The maximum absolute atomic E-state index is 12.0. The molecule has 2 nitrogen and oxygen atoms in total. The second-order valence-electron chi connectivity index (χ2n) is 5.35. The van der Waals surface area contributed by atoms with Crippen LogP contribution < -0.4 is 5.32 Å². The number of hydrogen-bond acceptors (Lipinski definition) is 2. The molecule has 1 aromatic carbocycles. The molecular formula is C14H21NO. The van der Waals surface area contributed by atoms with Gasteiger partial charge in [0, 0.05) is 11.1 Å². The van der Waals surface area contributed by atoms with Crippen molar-refractivity contribution in [1.82, 2.24) is 5.32 Å². The van der Waals surface area contributed by atoms with Gasteiger partial charge in [-0.25, -0.2) is 0 Å². The molecule has 0 aliphatic carbocycles. The molecule has 0 atom stereocenters. The van der Waals surface area contributed by atoms with Gasteiger partial charge in [-0.05, 0) is 46.2 Å². The largest absolute Gasteiger partial charge is 0.305 e. The lowest BCUT2D eigenvalue weighted by Crippen LogP contribution is -2.39. The van der Waals surface area contributed by atoms with Gasteiger partial charge in [0.25, 0.3) is 0 Å². The van der Waals surface area contributed by atoms with Crippen LogP contribution >= 0.6 is 0 Å². The monoisotopic (exact) mass is 219 g/mol. The number of carbonyl (C=O) groups excluding carboxylic acids is 1. The fourth-order valence-electron chi connectivity index (χ4n) is 1.48. The van der Waals surface area contributed by atoms with Gasteiger partial charge < -0.3 is 5.32 Å². The van der Waals surface area contributed by atoms with E-state index in [1.54, 1.807) is 0 Å². The first-order valence-corrected chi connectivity index (χ1v) is 5.65. The SMILES string of the molecule is Cc1ccc(C)c(C(=O)CNC(C)(C)C)c1. The minimum Gasteiger partial charge on any atom is -0.305 e. The van der Waals surface area contributed by atoms with Gasteiger partial charge in [0.1, 0.15) is 0 Å². The Hall–Kier alpha value is -1.15. The highest BCUT2D eigenvalue weighted by Crippen LogP contribution is 2.11. The highest BCUT2D eigenvalue weighted by molar-refractivity contribution is 5.99. The maximum Gasteiger partial charge on any atom is 0.176 e. The maximum atomic E-state index is 12.0. The van der Waals surface area contributed by atoms with Gasteiger partial charge in [0.15, 0.2) is 5.78 Å². The zero-order valence-electron chi connectivity index (χ0n) is 10.8. The van der Waals surface area contributed by atoms with Gasteiger partial charge in [-0.15, -0.1) is 0 Å². The number of benzene rings is 1. The lowest BCUT2D eigenvalue weighted by atomic mass is 10.0. The average Bonchev–Trinajstić information content (AvgIpc) is 2.17. The number of rotatable bonds is 3. The summed E-state index contributed by atoms with van der Waals surface area (Å²) in [6, 6.07) is 5.99. The average molecular weight is 219 g/mol. The minimum atomic E-state index is -0.0204. The van der Waals surface area contributed by atoms with Crippen LogP contribution in [0.3, 0.4) is 0 Å². The Kier molecular flexibility index (Phi) is 3.87. The van der Waals surface area contributed by atoms with Crippen molar-refractivity contribution in [3.63, 3.8) is 0 Å². The van der Waals surface area contributed by atoms with Crippen LogP contribution in [0, 0.1) is 13.8 Å². The molecule has 2 heteroatoms. The standard InChI is InChI=1S/C14H21NO/c1-10-6-7-11(2)12(8-10)13(16)9-15-14(3,4)5/h6-8,15H,9H2,1-5H3. The Balaban J connectivity index is 2.77. The predicted octanol–water partition coefficient (Wildman–Crippen LogP) is 2.87. The summed E-state index contributed by atoms with van der Waals surface area (Å²) < 4.78 is 0. The first-order chi connectivity index (χ1) is 7.29. The van der Waals surface area contributed by atoms with E-state index < -0.39 is 0 Å². The summed E-state index contributed by atoms with van der Waals surface area (Å²) in [5.74, 6) is 0.163. The number of Topliss-reactive ketones (excluding diaryl/α,β-unsaturated/α-hetero) is 1. The second-order valence-corrected chi connectivity index (χ2v) is 5.35. The highest BCUT2D eigenvalue weighted by Gasteiger charge is 2.14. The van der Waals surface area contributed by atoms with E-state index in [1.165, 1.54) is 0 Å². The van der Waals surface area contributed by atoms with Crippen molar-refractivity contribution < 1.29 is 4.79 Å². The fourth-order valence-corrected chi connectivity index (χ4v) is 1.48. The molecule has 0 heterocycles. The Bertz CT molecular complexity index is 388. The first-order valence-electron chi connectivity index (χ1n) is 5.65.